The first-order valence-corrected chi connectivity index (χ1v) is 12.0. The van der Waals surface area contributed by atoms with E-state index in [-0.39, 0.29) is 17.5 Å². The van der Waals surface area contributed by atoms with Crippen molar-refractivity contribution in [2.24, 2.45) is 5.92 Å². The van der Waals surface area contributed by atoms with Gasteiger partial charge in [0.25, 0.3) is 0 Å². The van der Waals surface area contributed by atoms with Crippen LogP contribution in [0, 0.1) is 5.92 Å². The van der Waals surface area contributed by atoms with Crippen molar-refractivity contribution in [1.82, 2.24) is 9.03 Å². The Balaban J connectivity index is 2.09. The molecular weight excluding hydrogens is 360 g/mol. The predicted molar refractivity (Wildman–Crippen MR) is 99.4 cm³/mol. The van der Waals surface area contributed by atoms with Gasteiger partial charge in [0.15, 0.2) is 0 Å². The number of hydrogen-bond donors (Lipinski definition) is 1. The third-order valence-corrected chi connectivity index (χ3v) is 6.98. The summed E-state index contributed by atoms with van der Waals surface area (Å²) in [6, 6.07) is 6.66. The number of sulfonamides is 2. The summed E-state index contributed by atoms with van der Waals surface area (Å²) < 4.78 is 52.3. The molecule has 142 valence electrons. The van der Waals surface area contributed by atoms with Gasteiger partial charge in [0.05, 0.1) is 11.2 Å². The van der Waals surface area contributed by atoms with Gasteiger partial charge in [-0.1, -0.05) is 26.0 Å². The molecule has 1 aliphatic heterocycles. The van der Waals surface area contributed by atoms with E-state index in [1.807, 2.05) is 12.1 Å². The third-order valence-electron chi connectivity index (χ3n) is 4.34. The Labute approximate surface area is 151 Å². The third kappa shape index (κ3) is 6.06. The summed E-state index contributed by atoms with van der Waals surface area (Å²) in [5.74, 6) is 0.607. The summed E-state index contributed by atoms with van der Waals surface area (Å²) in [6.07, 6.45) is 4.38. The first kappa shape index (κ1) is 20.4. The van der Waals surface area contributed by atoms with Crippen LogP contribution in [0.25, 0.3) is 0 Å². The number of nitrogens with zero attached hydrogens (tertiary/aromatic N) is 1. The van der Waals surface area contributed by atoms with Gasteiger partial charge in [-0.2, -0.15) is 4.31 Å². The Morgan fingerprint density at radius 1 is 1.16 bits per heavy atom. The van der Waals surface area contributed by atoms with Crippen LogP contribution in [0.3, 0.4) is 0 Å². The average Bonchev–Trinajstić information content (AvgIpc) is 2.52. The fourth-order valence-electron chi connectivity index (χ4n) is 2.99. The van der Waals surface area contributed by atoms with E-state index < -0.39 is 20.0 Å². The highest BCUT2D eigenvalue weighted by Gasteiger charge is 2.31. The molecular formula is C17H28N2O4S2. The van der Waals surface area contributed by atoms with Crippen molar-refractivity contribution >= 4 is 20.0 Å². The minimum Gasteiger partial charge on any atom is -0.213 e. The van der Waals surface area contributed by atoms with Gasteiger partial charge in [-0.25, -0.2) is 21.6 Å². The zero-order chi connectivity index (χ0) is 18.7. The van der Waals surface area contributed by atoms with Crippen molar-refractivity contribution in [2.45, 2.75) is 50.5 Å². The SMILES string of the molecule is CC(C)CCc1ccc(S(=O)(=O)N2CCCC(NS(C)(=O)=O)C2)cc1. The topological polar surface area (TPSA) is 83.6 Å². The summed E-state index contributed by atoms with van der Waals surface area (Å²) in [5.41, 5.74) is 1.13. The van der Waals surface area contributed by atoms with E-state index in [1.54, 1.807) is 12.1 Å². The summed E-state index contributed by atoms with van der Waals surface area (Å²) >= 11 is 0. The minimum absolute atomic E-state index is 0.171. The molecule has 0 saturated carbocycles. The van der Waals surface area contributed by atoms with Crippen molar-refractivity contribution < 1.29 is 16.8 Å². The van der Waals surface area contributed by atoms with Crippen LogP contribution in [-0.2, 0) is 26.5 Å². The van der Waals surface area contributed by atoms with Crippen LogP contribution in [-0.4, -0.2) is 46.5 Å². The van der Waals surface area contributed by atoms with E-state index >= 15 is 0 Å². The highest BCUT2D eigenvalue weighted by molar-refractivity contribution is 7.89. The number of piperidine rings is 1. The van der Waals surface area contributed by atoms with Gasteiger partial charge in [-0.05, 0) is 49.3 Å². The van der Waals surface area contributed by atoms with Crippen LogP contribution in [0.5, 0.6) is 0 Å². The van der Waals surface area contributed by atoms with E-state index in [4.69, 9.17) is 0 Å². The van der Waals surface area contributed by atoms with Gasteiger partial charge in [-0.15, -0.1) is 0 Å². The number of nitrogens with one attached hydrogen (secondary N) is 1. The molecule has 8 heteroatoms. The van der Waals surface area contributed by atoms with Gasteiger partial charge in [0, 0.05) is 19.1 Å². The second-order valence-electron chi connectivity index (χ2n) is 7.17. The zero-order valence-electron chi connectivity index (χ0n) is 15.1. The molecule has 1 aromatic rings. The van der Waals surface area contributed by atoms with Crippen LogP contribution in [0.2, 0.25) is 0 Å². The molecule has 1 aromatic carbocycles. The lowest BCUT2D eigenvalue weighted by atomic mass is 10.0. The van der Waals surface area contributed by atoms with Crippen molar-refractivity contribution in [3.05, 3.63) is 29.8 Å². The van der Waals surface area contributed by atoms with Crippen LogP contribution in [0.4, 0.5) is 0 Å². The summed E-state index contributed by atoms with van der Waals surface area (Å²) in [6.45, 7) is 4.91. The van der Waals surface area contributed by atoms with E-state index in [2.05, 4.69) is 18.6 Å². The molecule has 0 spiro atoms. The first-order chi connectivity index (χ1) is 11.6. The van der Waals surface area contributed by atoms with E-state index in [1.165, 1.54) is 4.31 Å². The molecule has 1 aliphatic rings. The normalized spacial score (nSPS) is 20.1. The highest BCUT2D eigenvalue weighted by atomic mass is 32.2. The lowest BCUT2D eigenvalue weighted by molar-refractivity contribution is 0.303. The lowest BCUT2D eigenvalue weighted by Crippen LogP contribution is -2.49. The summed E-state index contributed by atoms with van der Waals surface area (Å²) in [7, 11) is -6.95. The number of hydrogen-bond acceptors (Lipinski definition) is 4. The van der Waals surface area contributed by atoms with E-state index in [0.717, 1.165) is 24.7 Å². The fraction of sp³-hybridized carbons (Fsp3) is 0.647. The monoisotopic (exact) mass is 388 g/mol. The molecule has 25 heavy (non-hydrogen) atoms. The molecule has 1 N–H and O–H groups in total. The Morgan fingerprint density at radius 3 is 2.36 bits per heavy atom. The molecule has 2 rings (SSSR count). The van der Waals surface area contributed by atoms with Gasteiger partial charge >= 0.3 is 0 Å². The Hall–Kier alpha value is -0.960. The predicted octanol–water partition coefficient (Wildman–Crippen LogP) is 1.98. The number of benzene rings is 1. The Morgan fingerprint density at radius 2 is 1.80 bits per heavy atom. The molecule has 0 radical (unpaired) electrons. The van der Waals surface area contributed by atoms with Crippen LogP contribution >= 0.6 is 0 Å². The number of rotatable bonds is 7. The molecule has 0 amide bonds. The maximum absolute atomic E-state index is 12.8. The molecule has 1 saturated heterocycles. The van der Waals surface area contributed by atoms with Crippen molar-refractivity contribution in [2.75, 3.05) is 19.3 Å². The molecule has 0 aliphatic carbocycles. The first-order valence-electron chi connectivity index (χ1n) is 8.64. The van der Waals surface area contributed by atoms with E-state index in [9.17, 15) is 16.8 Å². The second-order valence-corrected chi connectivity index (χ2v) is 10.9. The maximum Gasteiger partial charge on any atom is 0.243 e. The van der Waals surface area contributed by atoms with Crippen LogP contribution in [0.1, 0.15) is 38.7 Å². The zero-order valence-corrected chi connectivity index (χ0v) is 16.7. The maximum atomic E-state index is 12.8. The minimum atomic E-state index is -3.60. The molecule has 1 atom stereocenters. The Kier molecular flexibility index (Phi) is 6.64. The van der Waals surface area contributed by atoms with Crippen molar-refractivity contribution in [3.63, 3.8) is 0 Å². The Bertz CT molecular complexity index is 771. The van der Waals surface area contributed by atoms with Crippen LogP contribution < -0.4 is 4.72 Å². The van der Waals surface area contributed by atoms with Crippen molar-refractivity contribution in [1.29, 1.82) is 0 Å². The van der Waals surface area contributed by atoms with Crippen molar-refractivity contribution in [3.8, 4) is 0 Å². The van der Waals surface area contributed by atoms with Gasteiger partial charge in [0.2, 0.25) is 20.0 Å². The molecule has 1 unspecified atom stereocenters. The standard InChI is InChI=1S/C17H28N2O4S2/c1-14(2)6-7-15-8-10-17(11-9-15)25(22,23)19-12-4-5-16(13-19)18-24(3,20)21/h8-11,14,16,18H,4-7,12-13H2,1-3H3. The second kappa shape index (κ2) is 8.16. The highest BCUT2D eigenvalue weighted by Crippen LogP contribution is 2.22. The average molecular weight is 389 g/mol. The molecule has 6 nitrogen and oxygen atoms in total. The quantitative estimate of drug-likeness (QED) is 0.774. The summed E-state index contributed by atoms with van der Waals surface area (Å²) in [4.78, 5) is 0.265. The fourth-order valence-corrected chi connectivity index (χ4v) is 5.31. The smallest absolute Gasteiger partial charge is 0.213 e. The largest absolute Gasteiger partial charge is 0.243 e. The number of aryl methyl sites for hydroxylation is 1. The lowest BCUT2D eigenvalue weighted by Gasteiger charge is -2.31. The molecule has 0 aromatic heterocycles. The van der Waals surface area contributed by atoms with Gasteiger partial charge in [0.1, 0.15) is 0 Å². The van der Waals surface area contributed by atoms with Crippen LogP contribution in [0.15, 0.2) is 29.2 Å². The molecule has 0 bridgehead atoms. The summed E-state index contributed by atoms with van der Waals surface area (Å²) in [5, 5.41) is 0. The molecule has 1 heterocycles. The van der Waals surface area contributed by atoms with Gasteiger partial charge < -0.3 is 0 Å². The van der Waals surface area contributed by atoms with E-state index in [0.29, 0.717) is 25.3 Å². The van der Waals surface area contributed by atoms with Gasteiger partial charge in [-0.3, -0.25) is 0 Å². The molecule has 1 fully saturated rings.